The van der Waals surface area contributed by atoms with Crippen LogP contribution in [0.3, 0.4) is 0 Å². The summed E-state index contributed by atoms with van der Waals surface area (Å²) >= 11 is 0. The monoisotopic (exact) mass is 434 g/mol. The van der Waals surface area contributed by atoms with Crippen LogP contribution < -0.4 is 4.74 Å². The van der Waals surface area contributed by atoms with E-state index in [1.54, 1.807) is 0 Å². The molecule has 11 heteroatoms. The van der Waals surface area contributed by atoms with Gasteiger partial charge in [0.25, 0.3) is 5.95 Å². The van der Waals surface area contributed by atoms with Crippen molar-refractivity contribution < 1.29 is 23.1 Å². The first kappa shape index (κ1) is 19.6. The third kappa shape index (κ3) is 3.60. The number of benzene rings is 1. The predicted octanol–water partition coefficient (Wildman–Crippen LogP) is 4.05. The van der Waals surface area contributed by atoms with Crippen molar-refractivity contribution in [1.82, 2.24) is 14.3 Å². The second-order valence-electron chi connectivity index (χ2n) is 7.55. The molecule has 30 heavy (non-hydrogen) atoms. The molecule has 0 radical (unpaired) electrons. The minimum absolute atomic E-state index is 0.0885. The minimum Gasteiger partial charge on any atom is -0.445 e. The molecular formula is C19H20FN4O5P. The molecule has 2 aliphatic heterocycles. The van der Waals surface area contributed by atoms with Crippen LogP contribution in [-0.2, 0) is 15.5 Å². The van der Waals surface area contributed by atoms with Crippen LogP contribution in [-0.4, -0.2) is 45.4 Å². The van der Waals surface area contributed by atoms with Gasteiger partial charge in [-0.05, 0) is 48.6 Å². The van der Waals surface area contributed by atoms with Crippen LogP contribution in [0.2, 0.25) is 0 Å². The topological polar surface area (TPSA) is 97.6 Å². The van der Waals surface area contributed by atoms with Crippen molar-refractivity contribution in [3.8, 4) is 11.5 Å². The summed E-state index contributed by atoms with van der Waals surface area (Å²) in [4.78, 5) is 14.6. The summed E-state index contributed by atoms with van der Waals surface area (Å²) < 4.78 is 42.8. The highest BCUT2D eigenvalue weighted by Gasteiger charge is 2.51. The number of ether oxygens (including phenoxy) is 1. The fraction of sp³-hybridized carbons (Fsp3) is 0.421. The van der Waals surface area contributed by atoms with Crippen molar-refractivity contribution >= 4 is 13.4 Å². The highest BCUT2D eigenvalue weighted by Crippen LogP contribution is 2.64. The van der Waals surface area contributed by atoms with Crippen molar-refractivity contribution in [3.05, 3.63) is 57.7 Å². The lowest BCUT2D eigenvalue weighted by Crippen LogP contribution is -2.17. The van der Waals surface area contributed by atoms with Gasteiger partial charge in [0.05, 0.1) is 11.0 Å². The molecule has 0 N–H and O–H groups in total. The average molecular weight is 434 g/mol. The van der Waals surface area contributed by atoms with Gasteiger partial charge in [-0.15, -0.1) is 0 Å². The van der Waals surface area contributed by atoms with Crippen molar-refractivity contribution in [1.29, 1.82) is 0 Å². The highest BCUT2D eigenvalue weighted by molar-refractivity contribution is 7.54. The third-order valence-corrected chi connectivity index (χ3v) is 8.21. The zero-order chi connectivity index (χ0) is 20.9. The van der Waals surface area contributed by atoms with E-state index in [0.29, 0.717) is 18.4 Å². The first-order valence-electron chi connectivity index (χ1n) is 9.84. The lowest BCUT2D eigenvalue weighted by molar-refractivity contribution is -0.385. The molecule has 5 rings (SSSR count). The van der Waals surface area contributed by atoms with Gasteiger partial charge in [0, 0.05) is 38.4 Å². The van der Waals surface area contributed by atoms with E-state index in [1.807, 2.05) is 9.34 Å². The molecular weight excluding hydrogens is 414 g/mol. The Hall–Kier alpha value is -2.39. The molecule has 2 fully saturated rings. The van der Waals surface area contributed by atoms with Gasteiger partial charge in [0.1, 0.15) is 0 Å². The average Bonchev–Trinajstić information content (AvgIpc) is 3.62. The van der Waals surface area contributed by atoms with Gasteiger partial charge in [0.15, 0.2) is 5.75 Å². The molecule has 3 aliphatic rings. The zero-order valence-corrected chi connectivity index (χ0v) is 17.0. The van der Waals surface area contributed by atoms with E-state index in [1.165, 1.54) is 30.5 Å². The normalized spacial score (nSPS) is 21.2. The van der Waals surface area contributed by atoms with Gasteiger partial charge < -0.3 is 4.74 Å². The Bertz CT molecular complexity index is 1040. The molecule has 3 heterocycles. The number of pyridine rings is 1. The summed E-state index contributed by atoms with van der Waals surface area (Å²) in [6.07, 6.45) is 2.87. The second-order valence-corrected chi connectivity index (χ2v) is 9.88. The number of nitrogens with zero attached hydrogens (tertiary/aromatic N) is 4. The SMILES string of the molecule is O=[N+]([O-])c1cc2c(cc1Oc1cccnc1F)[C@H](OP(=O)(N1CC1)N1CC1)CCC2. The molecule has 0 unspecified atom stereocenters. The number of nitro benzene ring substituents is 1. The Kier molecular flexibility index (Phi) is 4.82. The summed E-state index contributed by atoms with van der Waals surface area (Å²) in [5.41, 5.74) is 1.22. The summed E-state index contributed by atoms with van der Waals surface area (Å²) in [6.45, 7) is 2.95. The van der Waals surface area contributed by atoms with Crippen molar-refractivity contribution in [2.24, 2.45) is 0 Å². The van der Waals surface area contributed by atoms with Gasteiger partial charge in [-0.2, -0.15) is 4.39 Å². The van der Waals surface area contributed by atoms with Gasteiger partial charge in [-0.3, -0.25) is 19.2 Å². The van der Waals surface area contributed by atoms with Crippen LogP contribution in [0.15, 0.2) is 30.5 Å². The largest absolute Gasteiger partial charge is 0.445 e. The van der Waals surface area contributed by atoms with E-state index < -0.39 is 24.6 Å². The molecule has 0 spiro atoms. The summed E-state index contributed by atoms with van der Waals surface area (Å²) in [5, 5.41) is 11.6. The Balaban J connectivity index is 1.51. The molecule has 1 aliphatic carbocycles. The number of aryl methyl sites for hydroxylation is 1. The molecule has 1 aromatic heterocycles. The van der Waals surface area contributed by atoms with E-state index in [9.17, 15) is 19.1 Å². The number of hydrogen-bond donors (Lipinski definition) is 0. The summed E-state index contributed by atoms with van der Waals surface area (Å²) in [5.74, 6) is -1.15. The van der Waals surface area contributed by atoms with E-state index >= 15 is 0 Å². The number of hydrogen-bond acceptors (Lipinski definition) is 6. The molecule has 0 saturated carbocycles. The number of aromatic nitrogens is 1. The number of nitro groups is 1. The van der Waals surface area contributed by atoms with Crippen LogP contribution in [0.1, 0.15) is 30.1 Å². The van der Waals surface area contributed by atoms with Crippen LogP contribution in [0.25, 0.3) is 0 Å². The smallest absolute Gasteiger partial charge is 0.346 e. The maximum absolute atomic E-state index is 14.0. The zero-order valence-electron chi connectivity index (χ0n) is 16.1. The van der Waals surface area contributed by atoms with Gasteiger partial charge in [0.2, 0.25) is 5.75 Å². The Morgan fingerprint density at radius 3 is 2.57 bits per heavy atom. The van der Waals surface area contributed by atoms with E-state index in [0.717, 1.165) is 38.2 Å². The third-order valence-electron chi connectivity index (χ3n) is 5.45. The van der Waals surface area contributed by atoms with Crippen LogP contribution >= 0.6 is 7.67 Å². The quantitative estimate of drug-likeness (QED) is 0.212. The standard InChI is InChI=1S/C19H20FN4O5P/c20-19-17(5-2-6-21-19)28-18-12-14-13(11-15(18)24(25)26)3-1-4-16(14)29-30(27,22-7-8-22)23-9-10-23/h2,5-6,11-12,16H,1,3-4,7-10H2/t16-/m1/s1. The van der Waals surface area contributed by atoms with Crippen LogP contribution in [0, 0.1) is 16.1 Å². The fourth-order valence-corrected chi connectivity index (χ4v) is 6.11. The van der Waals surface area contributed by atoms with Gasteiger partial charge >= 0.3 is 13.4 Å². The Morgan fingerprint density at radius 2 is 1.93 bits per heavy atom. The van der Waals surface area contributed by atoms with Crippen LogP contribution in [0.4, 0.5) is 10.1 Å². The summed E-state index contributed by atoms with van der Waals surface area (Å²) in [7, 11) is -3.06. The van der Waals surface area contributed by atoms with E-state index in [-0.39, 0.29) is 17.2 Å². The van der Waals surface area contributed by atoms with Gasteiger partial charge in [-0.25, -0.2) is 14.3 Å². The minimum atomic E-state index is -3.06. The molecule has 158 valence electrons. The number of rotatable bonds is 7. The molecule has 2 saturated heterocycles. The van der Waals surface area contributed by atoms with E-state index in [4.69, 9.17) is 9.26 Å². The molecule has 0 amide bonds. The van der Waals surface area contributed by atoms with Crippen molar-refractivity contribution in [2.75, 3.05) is 26.2 Å². The molecule has 1 aromatic carbocycles. The lowest BCUT2D eigenvalue weighted by atomic mass is 9.89. The Labute approximate surface area is 172 Å². The number of halogens is 1. The molecule has 2 aromatic rings. The second kappa shape index (κ2) is 7.39. The molecule has 0 bridgehead atoms. The maximum Gasteiger partial charge on any atom is 0.346 e. The maximum atomic E-state index is 14.0. The van der Waals surface area contributed by atoms with Crippen molar-refractivity contribution in [3.63, 3.8) is 0 Å². The first-order valence-corrected chi connectivity index (χ1v) is 11.4. The molecule has 9 nitrogen and oxygen atoms in total. The first-order chi connectivity index (χ1) is 14.5. The number of fused-ring (bicyclic) bond motifs is 1. The summed E-state index contributed by atoms with van der Waals surface area (Å²) in [6, 6.07) is 5.82. The predicted molar refractivity (Wildman–Crippen MR) is 105 cm³/mol. The highest BCUT2D eigenvalue weighted by atomic mass is 31.2. The van der Waals surface area contributed by atoms with E-state index in [2.05, 4.69) is 4.98 Å². The Morgan fingerprint density at radius 1 is 1.20 bits per heavy atom. The van der Waals surface area contributed by atoms with Gasteiger partial charge in [-0.1, -0.05) is 0 Å². The van der Waals surface area contributed by atoms with Crippen molar-refractivity contribution in [2.45, 2.75) is 25.4 Å². The fourth-order valence-electron chi connectivity index (χ4n) is 3.75. The van der Waals surface area contributed by atoms with Crippen LogP contribution in [0.5, 0.6) is 11.5 Å². The molecule has 1 atom stereocenters. The lowest BCUT2D eigenvalue weighted by Gasteiger charge is -2.30.